The van der Waals surface area contributed by atoms with Crippen molar-refractivity contribution in [2.45, 2.75) is 20.8 Å². The minimum absolute atomic E-state index is 0.227. The van der Waals surface area contributed by atoms with Gasteiger partial charge in [-0.15, -0.1) is 11.8 Å². The molecular weight excluding hydrogens is 252 g/mol. The molecule has 0 bridgehead atoms. The molecule has 0 spiro atoms. The van der Waals surface area contributed by atoms with Gasteiger partial charge in [0.25, 0.3) is 0 Å². The molecule has 0 radical (unpaired) electrons. The molecule has 2 N–H and O–H groups in total. The highest BCUT2D eigenvalue weighted by Crippen LogP contribution is 2.35. The van der Waals surface area contributed by atoms with Crippen LogP contribution in [-0.2, 0) is 0 Å². The van der Waals surface area contributed by atoms with Crippen LogP contribution >= 0.6 is 11.8 Å². The van der Waals surface area contributed by atoms with Crippen molar-refractivity contribution in [2.24, 2.45) is 5.73 Å². The Labute approximate surface area is 112 Å². The summed E-state index contributed by atoms with van der Waals surface area (Å²) >= 11 is 1.40. The molecular formula is C14H19F2NS. The fourth-order valence-electron chi connectivity index (χ4n) is 1.36. The van der Waals surface area contributed by atoms with Crippen LogP contribution in [0.4, 0.5) is 8.78 Å². The fourth-order valence-corrected chi connectivity index (χ4v) is 2.16. The predicted octanol–water partition coefficient (Wildman–Crippen LogP) is 4.77. The van der Waals surface area contributed by atoms with Crippen molar-refractivity contribution >= 4 is 11.8 Å². The zero-order valence-electron chi connectivity index (χ0n) is 11.0. The number of halogens is 2. The summed E-state index contributed by atoms with van der Waals surface area (Å²) in [5.74, 6) is -0.823. The van der Waals surface area contributed by atoms with Gasteiger partial charge in [-0.3, -0.25) is 0 Å². The number of hydrogen-bond donors (Lipinski definition) is 1. The van der Waals surface area contributed by atoms with E-state index in [0.717, 1.165) is 5.75 Å². The van der Waals surface area contributed by atoms with Gasteiger partial charge in [0.2, 0.25) is 0 Å². The van der Waals surface area contributed by atoms with Gasteiger partial charge in [-0.2, -0.15) is 0 Å². The van der Waals surface area contributed by atoms with Crippen LogP contribution in [0, 0.1) is 0 Å². The molecule has 18 heavy (non-hydrogen) atoms. The normalized spacial score (nSPS) is 14.3. The molecule has 0 aromatic heterocycles. The molecule has 1 nitrogen and oxygen atoms in total. The first kappa shape index (κ1) is 16.7. The molecule has 0 unspecified atom stereocenters. The highest BCUT2D eigenvalue weighted by atomic mass is 32.2. The average Bonchev–Trinajstić information content (AvgIpc) is 2.25. The molecule has 0 aliphatic heterocycles. The van der Waals surface area contributed by atoms with Gasteiger partial charge in [-0.25, -0.2) is 8.78 Å². The Hall–Kier alpha value is -1.29. The number of thioether (sulfide) groups is 1. The Bertz CT molecular complexity index is 427. The van der Waals surface area contributed by atoms with E-state index in [-0.39, 0.29) is 11.1 Å². The van der Waals surface area contributed by atoms with E-state index in [9.17, 15) is 8.78 Å². The van der Waals surface area contributed by atoms with Crippen molar-refractivity contribution in [2.75, 3.05) is 5.75 Å². The first-order valence-corrected chi connectivity index (χ1v) is 6.51. The van der Waals surface area contributed by atoms with Gasteiger partial charge in [-0.05, 0) is 31.2 Å². The minimum atomic E-state index is -0.856. The molecule has 0 atom stereocenters. The molecule has 0 saturated heterocycles. The van der Waals surface area contributed by atoms with E-state index in [2.05, 4.69) is 13.2 Å². The maximum Gasteiger partial charge on any atom is 0.133 e. The van der Waals surface area contributed by atoms with E-state index < -0.39 is 11.7 Å². The third-order valence-electron chi connectivity index (χ3n) is 2.05. The van der Waals surface area contributed by atoms with Crippen LogP contribution in [-0.4, -0.2) is 5.75 Å². The largest absolute Gasteiger partial charge is 0.401 e. The van der Waals surface area contributed by atoms with Crippen molar-refractivity contribution in [1.29, 1.82) is 0 Å². The number of nitrogens with two attached hydrogens (primary N) is 1. The first-order valence-electron chi connectivity index (χ1n) is 5.52. The molecule has 0 heterocycles. The van der Waals surface area contributed by atoms with Crippen LogP contribution in [0.2, 0.25) is 0 Å². The van der Waals surface area contributed by atoms with E-state index in [1.165, 1.54) is 23.9 Å². The summed E-state index contributed by atoms with van der Waals surface area (Å²) in [5.41, 5.74) is 6.20. The predicted molar refractivity (Wildman–Crippen MR) is 77.4 cm³/mol. The van der Waals surface area contributed by atoms with Gasteiger partial charge < -0.3 is 5.73 Å². The Morgan fingerprint density at radius 1 is 1.33 bits per heavy atom. The summed E-state index contributed by atoms with van der Waals surface area (Å²) in [6, 6.07) is 0. The van der Waals surface area contributed by atoms with Gasteiger partial charge in [-0.1, -0.05) is 26.2 Å². The number of hydrogen-bond acceptors (Lipinski definition) is 2. The van der Waals surface area contributed by atoms with Crippen molar-refractivity contribution in [3.63, 3.8) is 0 Å². The van der Waals surface area contributed by atoms with Crippen molar-refractivity contribution in [3.8, 4) is 0 Å². The Balaban J connectivity index is 5.69. The SMILES string of the molecule is C=C(F)/C(C(=C)/C(SCC)=C(/C)N)=C(F)\C=C/C. The summed E-state index contributed by atoms with van der Waals surface area (Å²) in [6.07, 6.45) is 2.66. The molecule has 0 saturated carbocycles. The van der Waals surface area contributed by atoms with Gasteiger partial charge in [0.15, 0.2) is 0 Å². The Kier molecular flexibility index (Phi) is 7.36. The molecule has 4 heteroatoms. The van der Waals surface area contributed by atoms with Crippen molar-refractivity contribution in [1.82, 2.24) is 0 Å². The van der Waals surface area contributed by atoms with Gasteiger partial charge >= 0.3 is 0 Å². The lowest BCUT2D eigenvalue weighted by Crippen LogP contribution is -2.02. The van der Waals surface area contributed by atoms with Gasteiger partial charge in [0.05, 0.1) is 5.57 Å². The maximum atomic E-state index is 13.8. The molecule has 0 rings (SSSR count). The summed E-state index contributed by atoms with van der Waals surface area (Å²) in [5, 5.41) is 0. The lowest BCUT2D eigenvalue weighted by Gasteiger charge is -2.14. The average molecular weight is 271 g/mol. The Morgan fingerprint density at radius 3 is 2.22 bits per heavy atom. The van der Waals surface area contributed by atoms with Crippen molar-refractivity contribution in [3.05, 3.63) is 58.7 Å². The lowest BCUT2D eigenvalue weighted by molar-refractivity contribution is 0.617. The molecule has 0 aromatic rings. The minimum Gasteiger partial charge on any atom is -0.401 e. The van der Waals surface area contributed by atoms with Crippen LogP contribution in [0.1, 0.15) is 20.8 Å². The van der Waals surface area contributed by atoms with E-state index in [1.54, 1.807) is 13.8 Å². The lowest BCUT2D eigenvalue weighted by atomic mass is 10.0. The number of rotatable bonds is 6. The van der Waals surface area contributed by atoms with E-state index in [4.69, 9.17) is 5.73 Å². The van der Waals surface area contributed by atoms with Crippen LogP contribution < -0.4 is 5.73 Å². The van der Waals surface area contributed by atoms with Crippen LogP contribution in [0.5, 0.6) is 0 Å². The van der Waals surface area contributed by atoms with Crippen LogP contribution in [0.15, 0.2) is 58.7 Å². The van der Waals surface area contributed by atoms with Crippen molar-refractivity contribution < 1.29 is 8.78 Å². The van der Waals surface area contributed by atoms with E-state index in [0.29, 0.717) is 10.6 Å². The van der Waals surface area contributed by atoms with Gasteiger partial charge in [0.1, 0.15) is 11.7 Å². The maximum absolute atomic E-state index is 13.8. The second-order valence-electron chi connectivity index (χ2n) is 3.55. The van der Waals surface area contributed by atoms with E-state index in [1.807, 2.05) is 6.92 Å². The fraction of sp³-hybridized carbons (Fsp3) is 0.286. The van der Waals surface area contributed by atoms with Gasteiger partial charge in [0, 0.05) is 10.6 Å². The first-order chi connectivity index (χ1) is 8.36. The molecule has 0 aromatic carbocycles. The molecule has 100 valence electrons. The zero-order chi connectivity index (χ0) is 14.3. The van der Waals surface area contributed by atoms with Crippen LogP contribution in [0.25, 0.3) is 0 Å². The smallest absolute Gasteiger partial charge is 0.133 e. The van der Waals surface area contributed by atoms with Crippen LogP contribution in [0.3, 0.4) is 0 Å². The topological polar surface area (TPSA) is 26.0 Å². The second-order valence-corrected chi connectivity index (χ2v) is 4.83. The summed E-state index contributed by atoms with van der Waals surface area (Å²) in [4.78, 5) is 0.589. The highest BCUT2D eigenvalue weighted by Gasteiger charge is 2.17. The number of allylic oxidation sites excluding steroid dienone is 7. The second kappa shape index (κ2) is 7.93. The molecule has 0 aliphatic carbocycles. The molecule has 0 aliphatic rings. The monoisotopic (exact) mass is 271 g/mol. The molecule has 0 fully saturated rings. The summed E-state index contributed by atoms with van der Waals surface area (Å²) < 4.78 is 27.2. The highest BCUT2D eigenvalue weighted by molar-refractivity contribution is 8.03. The standard InChI is InChI=1S/C14H19F2NS/c1-6-8-12(16)13(10(4)15)9(3)14(11(5)17)18-7-2/h6,8H,3-4,7,17H2,1-2,5H3/b8-6-,13-12+,14-11+. The zero-order valence-corrected chi connectivity index (χ0v) is 11.8. The quantitative estimate of drug-likeness (QED) is 0.704. The summed E-state index contributed by atoms with van der Waals surface area (Å²) in [7, 11) is 0. The third-order valence-corrected chi connectivity index (χ3v) is 3.19. The van der Waals surface area contributed by atoms with E-state index >= 15 is 0 Å². The molecule has 0 amide bonds. The summed E-state index contributed by atoms with van der Waals surface area (Å²) in [6.45, 7) is 12.1. The third kappa shape index (κ3) is 4.53. The Morgan fingerprint density at radius 2 is 1.89 bits per heavy atom.